The van der Waals surface area contributed by atoms with Gasteiger partial charge in [0.05, 0.1) is 0 Å². The summed E-state index contributed by atoms with van der Waals surface area (Å²) in [6, 6.07) is 0. The summed E-state index contributed by atoms with van der Waals surface area (Å²) in [6.07, 6.45) is 1.22. The van der Waals surface area contributed by atoms with Crippen LogP contribution >= 0.6 is 0 Å². The summed E-state index contributed by atoms with van der Waals surface area (Å²) in [5.41, 5.74) is 0.257. The fraction of sp³-hybridized carbons (Fsp3) is 1.00. The molecule has 13 heavy (non-hydrogen) atoms. The topological polar surface area (TPSA) is 23.5 Å². The van der Waals surface area contributed by atoms with Crippen molar-refractivity contribution in [1.29, 1.82) is 0 Å². The van der Waals surface area contributed by atoms with E-state index in [1.807, 2.05) is 0 Å². The minimum Gasteiger partial charge on any atom is -0.396 e. The zero-order chi connectivity index (χ0) is 10.1. The molecule has 0 bridgehead atoms. The molecule has 0 aliphatic carbocycles. The molecule has 1 N–H and O–H groups in total. The van der Waals surface area contributed by atoms with Crippen LogP contribution in [0.2, 0.25) is 0 Å². The molecule has 0 aromatic heterocycles. The lowest BCUT2D eigenvalue weighted by Crippen LogP contribution is -2.50. The number of rotatable bonds is 1. The molecule has 0 spiro atoms. The number of piperidine rings is 1. The monoisotopic (exact) mass is 185 g/mol. The van der Waals surface area contributed by atoms with Crippen LogP contribution in [0.25, 0.3) is 0 Å². The normalized spacial score (nSPS) is 32.1. The minimum absolute atomic E-state index is 0.257. The summed E-state index contributed by atoms with van der Waals surface area (Å²) >= 11 is 0. The van der Waals surface area contributed by atoms with Crippen molar-refractivity contribution in [2.45, 2.75) is 39.7 Å². The Labute approximate surface area is 81.9 Å². The van der Waals surface area contributed by atoms with Gasteiger partial charge in [0, 0.05) is 18.7 Å². The molecule has 0 radical (unpaired) electrons. The lowest BCUT2D eigenvalue weighted by molar-refractivity contribution is 0.0276. The molecule has 0 aromatic rings. The third-order valence-corrected chi connectivity index (χ3v) is 3.30. The molecule has 0 unspecified atom stereocenters. The minimum atomic E-state index is 0.257. The van der Waals surface area contributed by atoms with Gasteiger partial charge in [-0.05, 0) is 45.6 Å². The first-order valence-electron chi connectivity index (χ1n) is 5.31. The second-order valence-corrected chi connectivity index (χ2v) is 5.33. The number of hydrogen-bond acceptors (Lipinski definition) is 2. The molecule has 78 valence electrons. The van der Waals surface area contributed by atoms with E-state index in [1.54, 1.807) is 0 Å². The van der Waals surface area contributed by atoms with Gasteiger partial charge in [0.25, 0.3) is 0 Å². The van der Waals surface area contributed by atoms with E-state index in [-0.39, 0.29) is 5.54 Å². The van der Waals surface area contributed by atoms with Crippen LogP contribution in [0.15, 0.2) is 0 Å². The lowest BCUT2D eigenvalue weighted by atomic mass is 9.85. The molecule has 1 heterocycles. The summed E-state index contributed by atoms with van der Waals surface area (Å²) in [5.74, 6) is 1.16. The van der Waals surface area contributed by atoms with Gasteiger partial charge in [0.1, 0.15) is 0 Å². The smallest absolute Gasteiger partial charge is 0.0474 e. The Balaban J connectivity index is 2.55. The molecular weight excluding hydrogens is 162 g/mol. The number of aliphatic hydroxyl groups excluding tert-OH is 1. The zero-order valence-electron chi connectivity index (χ0n) is 9.38. The van der Waals surface area contributed by atoms with Gasteiger partial charge < -0.3 is 5.11 Å². The summed E-state index contributed by atoms with van der Waals surface area (Å²) in [4.78, 5) is 2.48. The van der Waals surface area contributed by atoms with Gasteiger partial charge in [-0.1, -0.05) is 6.92 Å². The molecule has 0 aromatic carbocycles. The highest BCUT2D eigenvalue weighted by molar-refractivity contribution is 4.84. The highest BCUT2D eigenvalue weighted by Crippen LogP contribution is 2.27. The van der Waals surface area contributed by atoms with Crippen LogP contribution < -0.4 is 0 Å². The van der Waals surface area contributed by atoms with Crippen molar-refractivity contribution in [2.24, 2.45) is 11.8 Å². The maximum atomic E-state index is 9.22. The largest absolute Gasteiger partial charge is 0.396 e. The maximum Gasteiger partial charge on any atom is 0.0474 e. The van der Waals surface area contributed by atoms with Crippen molar-refractivity contribution in [2.75, 3.05) is 19.7 Å². The summed E-state index contributed by atoms with van der Waals surface area (Å²) < 4.78 is 0. The number of aliphatic hydroxyl groups is 1. The van der Waals surface area contributed by atoms with E-state index in [4.69, 9.17) is 0 Å². The molecule has 2 atom stereocenters. The van der Waals surface area contributed by atoms with Crippen molar-refractivity contribution < 1.29 is 5.11 Å². The molecule has 1 aliphatic heterocycles. The van der Waals surface area contributed by atoms with Crippen molar-refractivity contribution in [3.05, 3.63) is 0 Å². The van der Waals surface area contributed by atoms with Gasteiger partial charge in [-0.3, -0.25) is 4.90 Å². The number of likely N-dealkylation sites (tertiary alicyclic amines) is 1. The van der Waals surface area contributed by atoms with Gasteiger partial charge in [-0.2, -0.15) is 0 Å². The van der Waals surface area contributed by atoms with Crippen LogP contribution in [-0.2, 0) is 0 Å². The first kappa shape index (κ1) is 11.0. The summed E-state index contributed by atoms with van der Waals surface area (Å²) in [5, 5.41) is 9.22. The van der Waals surface area contributed by atoms with Crippen molar-refractivity contribution >= 4 is 0 Å². The van der Waals surface area contributed by atoms with Crippen LogP contribution in [0.1, 0.15) is 34.1 Å². The van der Waals surface area contributed by atoms with Crippen molar-refractivity contribution in [3.63, 3.8) is 0 Å². The fourth-order valence-electron chi connectivity index (χ4n) is 2.00. The average Bonchev–Trinajstić information content (AvgIpc) is 2.03. The zero-order valence-corrected chi connectivity index (χ0v) is 9.38. The Morgan fingerprint density at radius 1 is 1.38 bits per heavy atom. The third kappa shape index (κ3) is 2.68. The van der Waals surface area contributed by atoms with E-state index in [9.17, 15) is 5.11 Å². The van der Waals surface area contributed by atoms with Gasteiger partial charge >= 0.3 is 0 Å². The SMILES string of the molecule is C[C@@H]1CCN(C(C)(C)C)C[C@H]1CO. The van der Waals surface area contributed by atoms with Gasteiger partial charge in [-0.25, -0.2) is 0 Å². The number of hydrogen-bond donors (Lipinski definition) is 1. The molecule has 2 nitrogen and oxygen atoms in total. The Hall–Kier alpha value is -0.0800. The number of nitrogens with zero attached hydrogens (tertiary/aromatic N) is 1. The van der Waals surface area contributed by atoms with E-state index >= 15 is 0 Å². The van der Waals surface area contributed by atoms with Crippen LogP contribution in [0, 0.1) is 11.8 Å². The molecule has 0 saturated carbocycles. The van der Waals surface area contributed by atoms with Crippen LogP contribution in [0.5, 0.6) is 0 Å². The predicted molar refractivity (Wildman–Crippen MR) is 55.7 cm³/mol. The molecule has 1 fully saturated rings. The Bertz CT molecular complexity index is 162. The van der Waals surface area contributed by atoms with E-state index < -0.39 is 0 Å². The lowest BCUT2D eigenvalue weighted by Gasteiger charge is -2.43. The van der Waals surface area contributed by atoms with Gasteiger partial charge in [-0.15, -0.1) is 0 Å². The molecule has 1 rings (SSSR count). The molecular formula is C11H23NO. The quantitative estimate of drug-likeness (QED) is 0.672. The van der Waals surface area contributed by atoms with E-state index in [0.29, 0.717) is 18.4 Å². The Morgan fingerprint density at radius 3 is 2.46 bits per heavy atom. The second-order valence-electron chi connectivity index (χ2n) is 5.33. The second kappa shape index (κ2) is 3.97. The molecule has 2 heteroatoms. The maximum absolute atomic E-state index is 9.22. The Kier molecular flexibility index (Phi) is 3.36. The van der Waals surface area contributed by atoms with E-state index in [2.05, 4.69) is 32.6 Å². The molecule has 1 saturated heterocycles. The molecule has 1 aliphatic rings. The first-order valence-corrected chi connectivity index (χ1v) is 5.31. The molecule has 0 amide bonds. The predicted octanol–water partition coefficient (Wildman–Crippen LogP) is 1.74. The summed E-state index contributed by atoms with van der Waals surface area (Å²) in [6.45, 7) is 11.6. The van der Waals surface area contributed by atoms with Crippen LogP contribution in [0.3, 0.4) is 0 Å². The average molecular weight is 185 g/mol. The third-order valence-electron chi connectivity index (χ3n) is 3.30. The first-order chi connectivity index (χ1) is 5.95. The van der Waals surface area contributed by atoms with Gasteiger partial charge in [0.15, 0.2) is 0 Å². The fourth-order valence-corrected chi connectivity index (χ4v) is 2.00. The van der Waals surface area contributed by atoms with Crippen molar-refractivity contribution in [1.82, 2.24) is 4.90 Å². The van der Waals surface area contributed by atoms with Crippen LogP contribution in [0.4, 0.5) is 0 Å². The van der Waals surface area contributed by atoms with Crippen molar-refractivity contribution in [3.8, 4) is 0 Å². The Morgan fingerprint density at radius 2 is 2.00 bits per heavy atom. The van der Waals surface area contributed by atoms with Crippen LogP contribution in [-0.4, -0.2) is 35.2 Å². The van der Waals surface area contributed by atoms with E-state index in [1.165, 1.54) is 13.0 Å². The highest BCUT2D eigenvalue weighted by Gasteiger charge is 2.31. The van der Waals surface area contributed by atoms with E-state index in [0.717, 1.165) is 6.54 Å². The highest BCUT2D eigenvalue weighted by atomic mass is 16.3. The standard InChI is InChI=1S/C11H23NO/c1-9-5-6-12(11(2,3)4)7-10(9)8-13/h9-10,13H,5-8H2,1-4H3/t9-,10+/m1/s1. The summed E-state index contributed by atoms with van der Waals surface area (Å²) in [7, 11) is 0. The van der Waals surface area contributed by atoms with Gasteiger partial charge in [0.2, 0.25) is 0 Å².